The zero-order chi connectivity index (χ0) is 32.4. The fraction of sp³-hybridized carbons (Fsp3) is 0.500. The first-order valence-corrected chi connectivity index (χ1v) is 13.6. The van der Waals surface area contributed by atoms with E-state index < -0.39 is 60.2 Å². The van der Waals surface area contributed by atoms with Gasteiger partial charge in [0.25, 0.3) is 0 Å². The summed E-state index contributed by atoms with van der Waals surface area (Å²) in [5.74, 6) is -5.19. The van der Waals surface area contributed by atoms with Crippen LogP contribution in [0.1, 0.15) is 44.1 Å². The highest BCUT2D eigenvalue weighted by Crippen LogP contribution is 2.08. The molecule has 0 aliphatic rings. The lowest BCUT2D eigenvalue weighted by Gasteiger charge is -2.25. The number of carbonyl (C=O) groups excluding carboxylic acids is 3. The number of nitrogens with two attached hydrogens (primary N) is 5. The quantitative estimate of drug-likeness (QED) is 0.0405. The van der Waals surface area contributed by atoms with Crippen LogP contribution >= 0.6 is 0 Å². The largest absolute Gasteiger partial charge is 0.481 e. The molecule has 0 saturated heterocycles. The second-order valence-electron chi connectivity index (χ2n) is 9.65. The van der Waals surface area contributed by atoms with E-state index in [1.165, 1.54) is 0 Å². The molecular formula is C26H42N10O7. The highest BCUT2D eigenvalue weighted by Gasteiger charge is 2.30. The van der Waals surface area contributed by atoms with Gasteiger partial charge < -0.3 is 54.8 Å². The molecule has 0 saturated carbocycles. The number of guanidine groups is 2. The van der Waals surface area contributed by atoms with Crippen LogP contribution in [0.15, 0.2) is 40.3 Å². The number of aliphatic imine (C=N–C) groups is 2. The topological polar surface area (TPSA) is 317 Å². The van der Waals surface area contributed by atoms with Crippen LogP contribution in [0.4, 0.5) is 0 Å². The van der Waals surface area contributed by atoms with Gasteiger partial charge in [0, 0.05) is 25.9 Å². The second-order valence-corrected chi connectivity index (χ2v) is 9.65. The van der Waals surface area contributed by atoms with Gasteiger partial charge in [0.15, 0.2) is 11.9 Å². The fourth-order valence-electron chi connectivity index (χ4n) is 3.83. The smallest absolute Gasteiger partial charge is 0.326 e. The van der Waals surface area contributed by atoms with Gasteiger partial charge in [0.05, 0.1) is 6.04 Å². The minimum Gasteiger partial charge on any atom is -0.481 e. The van der Waals surface area contributed by atoms with Gasteiger partial charge in [-0.2, -0.15) is 0 Å². The van der Waals surface area contributed by atoms with Gasteiger partial charge in [-0.25, -0.2) is 4.79 Å². The van der Waals surface area contributed by atoms with Crippen LogP contribution in [0.5, 0.6) is 0 Å². The normalized spacial score (nSPS) is 13.3. The summed E-state index contributed by atoms with van der Waals surface area (Å²) in [4.78, 5) is 69.9. The maximum Gasteiger partial charge on any atom is 0.326 e. The van der Waals surface area contributed by atoms with E-state index in [0.717, 1.165) is 0 Å². The molecule has 0 aliphatic carbocycles. The van der Waals surface area contributed by atoms with Crippen molar-refractivity contribution in [3.63, 3.8) is 0 Å². The highest BCUT2D eigenvalue weighted by molar-refractivity contribution is 5.94. The summed E-state index contributed by atoms with van der Waals surface area (Å²) in [5.41, 5.74) is 27.8. The monoisotopic (exact) mass is 606 g/mol. The van der Waals surface area contributed by atoms with E-state index in [-0.39, 0.29) is 57.1 Å². The molecule has 43 heavy (non-hydrogen) atoms. The summed E-state index contributed by atoms with van der Waals surface area (Å²) < 4.78 is 0. The zero-order valence-electron chi connectivity index (χ0n) is 23.8. The van der Waals surface area contributed by atoms with Gasteiger partial charge in [-0.1, -0.05) is 30.3 Å². The Balaban J connectivity index is 3.06. The Kier molecular flexibility index (Phi) is 16.1. The summed E-state index contributed by atoms with van der Waals surface area (Å²) in [7, 11) is 0. The van der Waals surface area contributed by atoms with Crippen molar-refractivity contribution < 1.29 is 34.2 Å². The molecule has 0 radical (unpaired) electrons. The third kappa shape index (κ3) is 15.6. The number of benzene rings is 1. The molecule has 1 aromatic rings. The van der Waals surface area contributed by atoms with Crippen molar-refractivity contribution in [1.29, 1.82) is 0 Å². The first kappa shape index (κ1) is 36.1. The minimum absolute atomic E-state index is 0.00404. The molecule has 0 heterocycles. The van der Waals surface area contributed by atoms with Gasteiger partial charge in [-0.3, -0.25) is 29.2 Å². The lowest BCUT2D eigenvalue weighted by molar-refractivity contribution is -0.142. The summed E-state index contributed by atoms with van der Waals surface area (Å²) in [6, 6.07) is 3.63. The number of amides is 3. The predicted octanol–water partition coefficient (Wildman–Crippen LogP) is -2.93. The first-order chi connectivity index (χ1) is 20.3. The van der Waals surface area contributed by atoms with Crippen molar-refractivity contribution in [3.05, 3.63) is 35.9 Å². The van der Waals surface area contributed by atoms with Gasteiger partial charge in [-0.15, -0.1) is 0 Å². The molecule has 0 bridgehead atoms. The number of nitrogens with zero attached hydrogens (tertiary/aromatic N) is 2. The van der Waals surface area contributed by atoms with Crippen LogP contribution in [-0.4, -0.2) is 89.0 Å². The standard InChI is InChI=1S/C26H42N10O7/c27-16(8-4-12-32-25(28)29)21(39)34-18(10-11-20(37)38)23(41)35-17(9-5-13-33-26(30)31)22(40)36-19(24(42)43)14-15-6-2-1-3-7-15/h1-3,6-7,16-19H,4-5,8-14,27H2,(H,34,39)(H,35,41)(H,36,40)(H,37,38)(H,42,43)(H4,28,29,32)(H4,30,31,33). The van der Waals surface area contributed by atoms with E-state index in [1.807, 2.05) is 0 Å². The Morgan fingerprint density at radius 1 is 0.698 bits per heavy atom. The van der Waals surface area contributed by atoms with E-state index in [0.29, 0.717) is 12.0 Å². The van der Waals surface area contributed by atoms with E-state index in [1.54, 1.807) is 30.3 Å². The molecule has 1 aromatic carbocycles. The third-order valence-corrected chi connectivity index (χ3v) is 6.06. The molecule has 15 N–H and O–H groups in total. The molecule has 3 amide bonds. The van der Waals surface area contributed by atoms with Gasteiger partial charge in [0.1, 0.15) is 18.1 Å². The van der Waals surface area contributed by atoms with Gasteiger partial charge in [-0.05, 0) is 37.7 Å². The Bertz CT molecular complexity index is 1140. The average molecular weight is 607 g/mol. The Hall–Kier alpha value is -4.93. The van der Waals surface area contributed by atoms with Crippen LogP contribution in [0.2, 0.25) is 0 Å². The molecule has 4 atom stereocenters. The maximum atomic E-state index is 13.2. The summed E-state index contributed by atoms with van der Waals surface area (Å²) in [5, 5.41) is 26.2. The fourth-order valence-corrected chi connectivity index (χ4v) is 3.83. The molecule has 0 spiro atoms. The van der Waals surface area contributed by atoms with Crippen molar-refractivity contribution in [1.82, 2.24) is 16.0 Å². The molecule has 4 unspecified atom stereocenters. The SMILES string of the molecule is NC(N)=NCCCC(N)C(=O)NC(CCC(=O)O)C(=O)NC(CCCN=C(N)N)C(=O)NC(Cc1ccccc1)C(=O)O. The first-order valence-electron chi connectivity index (χ1n) is 13.6. The number of aliphatic carboxylic acids is 2. The maximum absolute atomic E-state index is 13.2. The Morgan fingerprint density at radius 2 is 1.19 bits per heavy atom. The minimum atomic E-state index is -1.36. The van der Waals surface area contributed by atoms with Crippen LogP contribution in [0.3, 0.4) is 0 Å². The summed E-state index contributed by atoms with van der Waals surface area (Å²) >= 11 is 0. The van der Waals surface area contributed by atoms with E-state index in [9.17, 15) is 29.1 Å². The molecule has 17 heteroatoms. The number of carbonyl (C=O) groups is 5. The van der Waals surface area contributed by atoms with E-state index >= 15 is 0 Å². The molecule has 0 aromatic heterocycles. The van der Waals surface area contributed by atoms with Crippen LogP contribution < -0.4 is 44.6 Å². The van der Waals surface area contributed by atoms with E-state index in [2.05, 4.69) is 25.9 Å². The highest BCUT2D eigenvalue weighted by atomic mass is 16.4. The van der Waals surface area contributed by atoms with Crippen molar-refractivity contribution >= 4 is 41.6 Å². The average Bonchev–Trinajstić information content (AvgIpc) is 2.94. The molecular weight excluding hydrogens is 564 g/mol. The molecule has 0 fully saturated rings. The van der Waals surface area contributed by atoms with Crippen molar-refractivity contribution in [2.75, 3.05) is 13.1 Å². The number of nitrogens with one attached hydrogen (secondary N) is 3. The van der Waals surface area contributed by atoms with Crippen molar-refractivity contribution in [2.45, 2.75) is 69.1 Å². The second kappa shape index (κ2) is 19.2. The number of carboxylic acid groups (broad SMARTS) is 2. The summed E-state index contributed by atoms with van der Waals surface area (Å²) in [6.45, 7) is 0.340. The Morgan fingerprint density at radius 3 is 1.70 bits per heavy atom. The van der Waals surface area contributed by atoms with E-state index in [4.69, 9.17) is 33.8 Å². The lowest BCUT2D eigenvalue weighted by Crippen LogP contribution is -2.57. The van der Waals surface area contributed by atoms with Crippen LogP contribution in [-0.2, 0) is 30.4 Å². The van der Waals surface area contributed by atoms with Crippen molar-refractivity contribution in [3.8, 4) is 0 Å². The number of rotatable bonds is 20. The number of hydrogen-bond acceptors (Lipinski definition) is 8. The molecule has 17 nitrogen and oxygen atoms in total. The summed E-state index contributed by atoms with van der Waals surface area (Å²) in [6.07, 6.45) is -0.0440. The Labute approximate surface area is 248 Å². The third-order valence-electron chi connectivity index (χ3n) is 6.06. The number of carboxylic acids is 2. The number of hydrogen-bond donors (Lipinski definition) is 10. The van der Waals surface area contributed by atoms with Gasteiger partial charge in [0.2, 0.25) is 17.7 Å². The molecule has 238 valence electrons. The molecule has 0 aliphatic heterocycles. The van der Waals surface area contributed by atoms with Crippen molar-refractivity contribution in [2.24, 2.45) is 38.7 Å². The predicted molar refractivity (Wildman–Crippen MR) is 158 cm³/mol. The zero-order valence-corrected chi connectivity index (χ0v) is 23.8. The molecule has 1 rings (SSSR count). The van der Waals surface area contributed by atoms with Crippen LogP contribution in [0.25, 0.3) is 0 Å². The van der Waals surface area contributed by atoms with Gasteiger partial charge >= 0.3 is 11.9 Å². The van der Waals surface area contributed by atoms with Crippen LogP contribution in [0, 0.1) is 0 Å². The lowest BCUT2D eigenvalue weighted by atomic mass is 10.0.